The Balaban J connectivity index is 2.05. The minimum Gasteiger partial charge on any atom is -0.489 e. The van der Waals surface area contributed by atoms with Gasteiger partial charge in [-0.1, -0.05) is 0 Å². The van der Waals surface area contributed by atoms with Crippen LogP contribution in [-0.2, 0) is 19.0 Å². The van der Waals surface area contributed by atoms with Gasteiger partial charge in [-0.25, -0.2) is 4.79 Å². The summed E-state index contributed by atoms with van der Waals surface area (Å²) in [5.41, 5.74) is 1.35. The summed E-state index contributed by atoms with van der Waals surface area (Å²) in [4.78, 5) is 25.0. The second-order valence-corrected chi connectivity index (χ2v) is 6.09. The molecule has 7 heteroatoms. The van der Waals surface area contributed by atoms with E-state index in [-0.39, 0.29) is 5.92 Å². The van der Waals surface area contributed by atoms with Gasteiger partial charge in [0.15, 0.2) is 0 Å². The number of benzene rings is 1. The van der Waals surface area contributed by atoms with Crippen LogP contribution < -0.4 is 9.64 Å². The van der Waals surface area contributed by atoms with Crippen molar-refractivity contribution in [1.82, 2.24) is 0 Å². The normalized spacial score (nSPS) is 14.9. The number of rotatable bonds is 10. The monoisotopic (exact) mass is 365 g/mol. The van der Waals surface area contributed by atoms with Crippen molar-refractivity contribution in [3.8, 4) is 5.75 Å². The molecule has 0 unspecified atom stereocenters. The van der Waals surface area contributed by atoms with Crippen molar-refractivity contribution in [2.24, 2.45) is 5.92 Å². The van der Waals surface area contributed by atoms with E-state index in [1.165, 1.54) is 7.11 Å². The quantitative estimate of drug-likeness (QED) is 0.356. The van der Waals surface area contributed by atoms with Crippen molar-refractivity contribution in [1.29, 1.82) is 0 Å². The van der Waals surface area contributed by atoms with Gasteiger partial charge in [-0.2, -0.15) is 0 Å². The first-order valence-electron chi connectivity index (χ1n) is 8.81. The Morgan fingerprint density at radius 1 is 1.15 bits per heavy atom. The van der Waals surface area contributed by atoms with Crippen LogP contribution in [0.2, 0.25) is 0 Å². The Labute approximate surface area is 154 Å². The molecule has 0 aromatic heterocycles. The summed E-state index contributed by atoms with van der Waals surface area (Å²) in [7, 11) is 2.98. The van der Waals surface area contributed by atoms with Gasteiger partial charge in [-0.3, -0.25) is 0 Å². The maximum Gasteiger partial charge on any atom is 0.337 e. The molecular weight excluding hydrogens is 338 g/mol. The second-order valence-electron chi connectivity index (χ2n) is 6.09. The molecule has 1 fully saturated rings. The number of hydrogen-bond donors (Lipinski definition) is 0. The van der Waals surface area contributed by atoms with Gasteiger partial charge in [0.1, 0.15) is 18.6 Å². The standard InChI is InChI=1S/C19H27NO6/c1-23-9-10-25-11-12-26-18-13-16(19(22)24-2)3-4-17(18)20-7-5-15(14-21)6-8-20/h3-4,13-15H,5-12H2,1-2H3. The lowest BCUT2D eigenvalue weighted by Gasteiger charge is -2.32. The molecule has 1 aliphatic rings. The molecule has 2 rings (SSSR count). The van der Waals surface area contributed by atoms with Crippen LogP contribution in [0.4, 0.5) is 5.69 Å². The second kappa shape index (κ2) is 10.8. The van der Waals surface area contributed by atoms with Crippen molar-refractivity contribution < 1.29 is 28.5 Å². The molecule has 0 saturated carbocycles. The van der Waals surface area contributed by atoms with Crippen molar-refractivity contribution in [3.63, 3.8) is 0 Å². The largest absolute Gasteiger partial charge is 0.489 e. The van der Waals surface area contributed by atoms with Gasteiger partial charge >= 0.3 is 5.97 Å². The van der Waals surface area contributed by atoms with Gasteiger partial charge in [-0.15, -0.1) is 0 Å². The van der Waals surface area contributed by atoms with Crippen LogP contribution in [0.3, 0.4) is 0 Å². The fraction of sp³-hybridized carbons (Fsp3) is 0.579. The van der Waals surface area contributed by atoms with E-state index in [4.69, 9.17) is 18.9 Å². The van der Waals surface area contributed by atoms with Crippen molar-refractivity contribution in [2.75, 3.05) is 58.6 Å². The molecule has 1 aliphatic heterocycles. The zero-order valence-electron chi connectivity index (χ0n) is 15.4. The highest BCUT2D eigenvalue weighted by Crippen LogP contribution is 2.32. The van der Waals surface area contributed by atoms with Gasteiger partial charge in [-0.05, 0) is 31.0 Å². The summed E-state index contributed by atoms with van der Waals surface area (Å²) >= 11 is 0. The number of ether oxygens (including phenoxy) is 4. The molecular formula is C19H27NO6. The Kier molecular flexibility index (Phi) is 8.37. The van der Waals surface area contributed by atoms with Crippen molar-refractivity contribution in [2.45, 2.75) is 12.8 Å². The smallest absolute Gasteiger partial charge is 0.337 e. The molecule has 26 heavy (non-hydrogen) atoms. The topological polar surface area (TPSA) is 74.3 Å². The number of anilines is 1. The van der Waals surface area contributed by atoms with E-state index in [2.05, 4.69) is 4.90 Å². The Morgan fingerprint density at radius 2 is 1.88 bits per heavy atom. The summed E-state index contributed by atoms with van der Waals surface area (Å²) in [6.45, 7) is 3.40. The van der Waals surface area contributed by atoms with E-state index in [0.29, 0.717) is 37.7 Å². The lowest BCUT2D eigenvalue weighted by atomic mass is 9.98. The molecule has 1 heterocycles. The van der Waals surface area contributed by atoms with Crippen LogP contribution in [-0.4, -0.2) is 66.0 Å². The number of methoxy groups -OCH3 is 2. The van der Waals surface area contributed by atoms with E-state index in [0.717, 1.165) is 37.9 Å². The number of hydrogen-bond acceptors (Lipinski definition) is 7. The van der Waals surface area contributed by atoms with Crippen molar-refractivity contribution >= 4 is 17.9 Å². The summed E-state index contributed by atoms with van der Waals surface area (Å²) in [6, 6.07) is 5.30. The van der Waals surface area contributed by atoms with Crippen molar-refractivity contribution in [3.05, 3.63) is 23.8 Å². The summed E-state index contributed by atoms with van der Waals surface area (Å²) in [6.07, 6.45) is 2.68. The summed E-state index contributed by atoms with van der Waals surface area (Å²) in [5.74, 6) is 0.337. The van der Waals surface area contributed by atoms with E-state index in [1.54, 1.807) is 19.2 Å². The van der Waals surface area contributed by atoms with E-state index in [9.17, 15) is 9.59 Å². The molecule has 0 amide bonds. The number of carbonyl (C=O) groups excluding carboxylic acids is 2. The molecule has 7 nitrogen and oxygen atoms in total. The molecule has 1 aromatic carbocycles. The highest BCUT2D eigenvalue weighted by Gasteiger charge is 2.22. The van der Waals surface area contributed by atoms with Crippen LogP contribution in [0.5, 0.6) is 5.75 Å². The third-order valence-electron chi connectivity index (χ3n) is 4.37. The molecule has 1 saturated heterocycles. The number of piperidine rings is 1. The highest BCUT2D eigenvalue weighted by atomic mass is 16.5. The zero-order chi connectivity index (χ0) is 18.8. The first-order valence-corrected chi connectivity index (χ1v) is 8.81. The van der Waals surface area contributed by atoms with E-state index in [1.807, 2.05) is 6.07 Å². The van der Waals surface area contributed by atoms with Gasteiger partial charge in [0.05, 0.1) is 38.2 Å². The molecule has 0 N–H and O–H groups in total. The fourth-order valence-electron chi connectivity index (χ4n) is 2.87. The van der Waals surface area contributed by atoms with Crippen LogP contribution >= 0.6 is 0 Å². The molecule has 0 radical (unpaired) electrons. The first-order chi connectivity index (χ1) is 12.7. The van der Waals surface area contributed by atoms with E-state index < -0.39 is 5.97 Å². The average molecular weight is 365 g/mol. The molecule has 0 bridgehead atoms. The minimum atomic E-state index is -0.405. The SMILES string of the molecule is COCCOCCOc1cc(C(=O)OC)ccc1N1CCC(C=O)CC1. The van der Waals surface area contributed by atoms with Crippen LogP contribution in [0, 0.1) is 5.92 Å². The maximum absolute atomic E-state index is 11.8. The fourth-order valence-corrected chi connectivity index (χ4v) is 2.87. The molecule has 0 aliphatic carbocycles. The third-order valence-corrected chi connectivity index (χ3v) is 4.37. The molecule has 144 valence electrons. The molecule has 1 aromatic rings. The molecule has 0 spiro atoms. The Bertz CT molecular complexity index is 583. The lowest BCUT2D eigenvalue weighted by Crippen LogP contribution is -2.34. The van der Waals surface area contributed by atoms with Crippen LogP contribution in [0.1, 0.15) is 23.2 Å². The maximum atomic E-state index is 11.8. The first kappa shape index (κ1) is 20.2. The number of esters is 1. The van der Waals surface area contributed by atoms with E-state index >= 15 is 0 Å². The van der Waals surface area contributed by atoms with Gasteiger partial charge < -0.3 is 28.6 Å². The summed E-state index contributed by atoms with van der Waals surface area (Å²) < 4.78 is 21.0. The Morgan fingerprint density at radius 3 is 2.54 bits per heavy atom. The number of nitrogens with zero attached hydrogens (tertiary/aromatic N) is 1. The number of aldehydes is 1. The Hall–Kier alpha value is -2.12. The van der Waals surface area contributed by atoms with Crippen LogP contribution in [0.15, 0.2) is 18.2 Å². The third kappa shape index (κ3) is 5.71. The van der Waals surface area contributed by atoms with Gasteiger partial charge in [0.25, 0.3) is 0 Å². The van der Waals surface area contributed by atoms with Gasteiger partial charge in [0, 0.05) is 26.1 Å². The van der Waals surface area contributed by atoms with Gasteiger partial charge in [0.2, 0.25) is 0 Å². The molecule has 0 atom stereocenters. The highest BCUT2D eigenvalue weighted by molar-refractivity contribution is 5.90. The predicted octanol–water partition coefficient (Wildman–Crippen LogP) is 1.93. The lowest BCUT2D eigenvalue weighted by molar-refractivity contribution is -0.111. The predicted molar refractivity (Wildman–Crippen MR) is 97.0 cm³/mol. The van der Waals surface area contributed by atoms with Crippen LogP contribution in [0.25, 0.3) is 0 Å². The summed E-state index contributed by atoms with van der Waals surface area (Å²) in [5, 5.41) is 0. The zero-order valence-corrected chi connectivity index (χ0v) is 15.4. The average Bonchev–Trinajstić information content (AvgIpc) is 2.70. The minimum absolute atomic E-state index is 0.124. The number of carbonyl (C=O) groups is 2.